The van der Waals surface area contributed by atoms with E-state index in [0.29, 0.717) is 5.96 Å². The number of hydrogen-bond donors (Lipinski definition) is 2. The number of nitrogens with zero attached hydrogens (tertiary/aromatic N) is 3. The van der Waals surface area contributed by atoms with Crippen molar-refractivity contribution < 1.29 is 0 Å². The first-order chi connectivity index (χ1) is 9.80. The number of rotatable bonds is 6. The van der Waals surface area contributed by atoms with E-state index in [9.17, 15) is 0 Å². The van der Waals surface area contributed by atoms with E-state index < -0.39 is 0 Å². The van der Waals surface area contributed by atoms with Gasteiger partial charge in [-0.05, 0) is 37.0 Å². The van der Waals surface area contributed by atoms with Crippen LogP contribution in [0, 0.1) is 22.8 Å². The molecule has 0 saturated heterocycles. The van der Waals surface area contributed by atoms with Gasteiger partial charge in [0.25, 0.3) is 0 Å². The molecule has 0 bridgehead atoms. The summed E-state index contributed by atoms with van der Waals surface area (Å²) in [5.74, 6) is 0.509. The van der Waals surface area contributed by atoms with Crippen molar-refractivity contribution in [3.05, 3.63) is 35.4 Å². The summed E-state index contributed by atoms with van der Waals surface area (Å²) in [5, 5.41) is 22.8. The van der Waals surface area contributed by atoms with Gasteiger partial charge in [-0.1, -0.05) is 18.6 Å². The molecular weight excluding hydrogens is 250 g/mol. The zero-order chi connectivity index (χ0) is 14.6. The smallest absolute Gasteiger partial charge is 0.204 e. The van der Waals surface area contributed by atoms with Crippen molar-refractivity contribution in [2.75, 3.05) is 13.6 Å². The second-order valence-electron chi connectivity index (χ2n) is 4.36. The fraction of sp³-hybridized carbons (Fsp3) is 0.400. The number of unbranched alkanes of at least 4 members (excludes halogenated alkanes) is 2. The number of hydrogen-bond acceptors (Lipinski definition) is 3. The maximum atomic E-state index is 8.82. The molecule has 0 unspecified atom stereocenters. The van der Waals surface area contributed by atoms with Gasteiger partial charge in [-0.3, -0.25) is 10.3 Å². The van der Waals surface area contributed by atoms with E-state index in [0.717, 1.165) is 37.8 Å². The summed E-state index contributed by atoms with van der Waals surface area (Å²) in [4.78, 5) is 3.90. The Kier molecular flexibility index (Phi) is 7.30. The third-order valence-electron chi connectivity index (χ3n) is 2.89. The highest BCUT2D eigenvalue weighted by Gasteiger charge is 1.97. The monoisotopic (exact) mass is 269 g/mol. The average Bonchev–Trinajstić information content (AvgIpc) is 2.49. The molecule has 104 valence electrons. The SMILES string of the molecule is CN=C(NC#N)NCCCCCc1cccc(C#N)c1. The Labute approximate surface area is 119 Å². The molecule has 1 rings (SSSR count). The van der Waals surface area contributed by atoms with Crippen molar-refractivity contribution >= 4 is 5.96 Å². The number of benzene rings is 1. The van der Waals surface area contributed by atoms with E-state index in [-0.39, 0.29) is 0 Å². The summed E-state index contributed by atoms with van der Waals surface area (Å²) in [7, 11) is 1.63. The molecular formula is C15H19N5. The van der Waals surface area contributed by atoms with Gasteiger partial charge in [0.1, 0.15) is 0 Å². The van der Waals surface area contributed by atoms with E-state index in [4.69, 9.17) is 10.5 Å². The predicted molar refractivity (Wildman–Crippen MR) is 78.8 cm³/mol. The van der Waals surface area contributed by atoms with Crippen LogP contribution in [-0.4, -0.2) is 19.6 Å². The highest BCUT2D eigenvalue weighted by molar-refractivity contribution is 5.80. The van der Waals surface area contributed by atoms with Gasteiger partial charge < -0.3 is 5.32 Å². The van der Waals surface area contributed by atoms with Crippen LogP contribution in [0.3, 0.4) is 0 Å². The predicted octanol–water partition coefficient (Wildman–Crippen LogP) is 1.92. The molecule has 0 aliphatic heterocycles. The summed E-state index contributed by atoms with van der Waals surface area (Å²) in [6, 6.07) is 9.89. The van der Waals surface area contributed by atoms with Gasteiger partial charge in [-0.25, -0.2) is 0 Å². The van der Waals surface area contributed by atoms with Gasteiger partial charge in [0.2, 0.25) is 5.96 Å². The lowest BCUT2D eigenvalue weighted by Crippen LogP contribution is -2.34. The second-order valence-corrected chi connectivity index (χ2v) is 4.36. The zero-order valence-electron chi connectivity index (χ0n) is 11.7. The number of aryl methyl sites for hydroxylation is 1. The normalized spacial score (nSPS) is 10.4. The van der Waals surface area contributed by atoms with Crippen molar-refractivity contribution in [1.29, 1.82) is 10.5 Å². The van der Waals surface area contributed by atoms with Crippen LogP contribution < -0.4 is 10.6 Å². The average molecular weight is 269 g/mol. The summed E-state index contributed by atoms with van der Waals surface area (Å²) in [6.45, 7) is 0.791. The highest BCUT2D eigenvalue weighted by Crippen LogP contribution is 2.08. The minimum Gasteiger partial charge on any atom is -0.356 e. The fourth-order valence-corrected chi connectivity index (χ4v) is 1.87. The molecule has 0 radical (unpaired) electrons. The van der Waals surface area contributed by atoms with Crippen LogP contribution in [0.4, 0.5) is 0 Å². The Morgan fingerprint density at radius 3 is 2.80 bits per heavy atom. The molecule has 20 heavy (non-hydrogen) atoms. The maximum Gasteiger partial charge on any atom is 0.204 e. The van der Waals surface area contributed by atoms with Crippen molar-refractivity contribution in [1.82, 2.24) is 10.6 Å². The minimum atomic E-state index is 0.509. The van der Waals surface area contributed by atoms with Crippen LogP contribution >= 0.6 is 0 Å². The molecule has 5 heteroatoms. The molecule has 0 atom stereocenters. The van der Waals surface area contributed by atoms with Gasteiger partial charge in [0.15, 0.2) is 6.19 Å². The molecule has 0 aliphatic rings. The van der Waals surface area contributed by atoms with E-state index in [2.05, 4.69) is 27.8 Å². The molecule has 0 fully saturated rings. The van der Waals surface area contributed by atoms with Crippen molar-refractivity contribution in [2.45, 2.75) is 25.7 Å². The Bertz CT molecular complexity index is 522. The Morgan fingerprint density at radius 2 is 2.10 bits per heavy atom. The van der Waals surface area contributed by atoms with E-state index in [1.165, 1.54) is 5.56 Å². The first kappa shape index (κ1) is 15.5. The Hall–Kier alpha value is -2.53. The van der Waals surface area contributed by atoms with Gasteiger partial charge in [0, 0.05) is 13.6 Å². The lowest BCUT2D eigenvalue weighted by atomic mass is 10.0. The second kappa shape index (κ2) is 9.41. The lowest BCUT2D eigenvalue weighted by Gasteiger charge is -2.06. The molecule has 0 heterocycles. The topological polar surface area (TPSA) is 84.0 Å². The van der Waals surface area contributed by atoms with Crippen LogP contribution in [0.1, 0.15) is 30.4 Å². The van der Waals surface area contributed by atoms with E-state index >= 15 is 0 Å². The Balaban J connectivity index is 2.16. The van der Waals surface area contributed by atoms with Crippen LogP contribution in [0.5, 0.6) is 0 Å². The molecule has 0 aromatic heterocycles. The van der Waals surface area contributed by atoms with Gasteiger partial charge in [-0.15, -0.1) is 0 Å². The van der Waals surface area contributed by atoms with Crippen LogP contribution in [0.15, 0.2) is 29.3 Å². The number of nitrogens with one attached hydrogen (secondary N) is 2. The summed E-state index contributed by atoms with van der Waals surface area (Å²) in [6.07, 6.45) is 6.01. The summed E-state index contributed by atoms with van der Waals surface area (Å²) >= 11 is 0. The molecule has 0 aliphatic carbocycles. The molecule has 0 saturated carbocycles. The number of guanidine groups is 1. The van der Waals surface area contributed by atoms with Gasteiger partial charge in [-0.2, -0.15) is 10.5 Å². The van der Waals surface area contributed by atoms with Crippen LogP contribution in [-0.2, 0) is 6.42 Å². The summed E-state index contributed by atoms with van der Waals surface area (Å²) < 4.78 is 0. The molecule has 2 N–H and O–H groups in total. The van der Waals surface area contributed by atoms with E-state index in [1.54, 1.807) is 7.05 Å². The Morgan fingerprint density at radius 1 is 1.25 bits per heavy atom. The van der Waals surface area contributed by atoms with Crippen molar-refractivity contribution in [3.8, 4) is 12.3 Å². The van der Waals surface area contributed by atoms with Crippen LogP contribution in [0.2, 0.25) is 0 Å². The molecule has 5 nitrogen and oxygen atoms in total. The first-order valence-corrected chi connectivity index (χ1v) is 6.65. The highest BCUT2D eigenvalue weighted by atomic mass is 15.2. The first-order valence-electron chi connectivity index (χ1n) is 6.65. The quantitative estimate of drug-likeness (QED) is 0.272. The zero-order valence-corrected chi connectivity index (χ0v) is 11.7. The van der Waals surface area contributed by atoms with E-state index in [1.807, 2.05) is 24.4 Å². The number of aliphatic imine (C=N–C) groups is 1. The number of nitriles is 2. The molecule has 0 spiro atoms. The van der Waals surface area contributed by atoms with Crippen molar-refractivity contribution in [2.24, 2.45) is 4.99 Å². The van der Waals surface area contributed by atoms with Crippen LogP contribution in [0.25, 0.3) is 0 Å². The maximum absolute atomic E-state index is 8.82. The van der Waals surface area contributed by atoms with Crippen molar-refractivity contribution in [3.63, 3.8) is 0 Å². The minimum absolute atomic E-state index is 0.509. The molecule has 1 aromatic carbocycles. The van der Waals surface area contributed by atoms with Gasteiger partial charge in [0.05, 0.1) is 11.6 Å². The molecule has 0 amide bonds. The van der Waals surface area contributed by atoms with Gasteiger partial charge >= 0.3 is 0 Å². The standard InChI is InChI=1S/C15H19N5/c1-18-15(20-12-17)19-9-4-2-3-6-13-7-5-8-14(10-13)11-16/h5,7-8,10H,2-4,6,9H2,1H3,(H2,18,19,20). The lowest BCUT2D eigenvalue weighted by molar-refractivity contribution is 0.660. The largest absolute Gasteiger partial charge is 0.356 e. The summed E-state index contributed by atoms with van der Waals surface area (Å²) in [5.41, 5.74) is 1.93. The third-order valence-corrected chi connectivity index (χ3v) is 2.89. The third kappa shape index (κ3) is 5.88. The molecule has 1 aromatic rings. The fourth-order valence-electron chi connectivity index (χ4n) is 1.87.